The second-order valence-electron chi connectivity index (χ2n) is 7.87. The number of ether oxygens (including phenoxy) is 2. The van der Waals surface area contributed by atoms with Crippen molar-refractivity contribution in [1.82, 2.24) is 4.72 Å². The molecule has 27 heavy (non-hydrogen) atoms. The van der Waals surface area contributed by atoms with E-state index < -0.39 is 15.6 Å². The van der Waals surface area contributed by atoms with E-state index in [0.717, 1.165) is 16.9 Å². The number of rotatable bonds is 4. The number of aryl methyl sites for hydroxylation is 3. The Balaban J connectivity index is 2.02. The molecule has 0 saturated heterocycles. The molecule has 1 heterocycles. The molecule has 2 aromatic rings. The van der Waals surface area contributed by atoms with E-state index in [0.29, 0.717) is 28.2 Å². The fourth-order valence-corrected chi connectivity index (χ4v) is 5.43. The van der Waals surface area contributed by atoms with Gasteiger partial charge in [0.25, 0.3) is 0 Å². The summed E-state index contributed by atoms with van der Waals surface area (Å²) in [7, 11) is -2.14. The molecule has 0 bridgehead atoms. The van der Waals surface area contributed by atoms with E-state index in [1.165, 1.54) is 0 Å². The molecule has 2 aromatic carbocycles. The fraction of sp³-hybridized carbons (Fsp3) is 0.429. The summed E-state index contributed by atoms with van der Waals surface area (Å²) in [4.78, 5) is 0.307. The van der Waals surface area contributed by atoms with Gasteiger partial charge in [0.1, 0.15) is 17.1 Å². The number of hydrogen-bond donors (Lipinski definition) is 1. The Morgan fingerprint density at radius 2 is 1.74 bits per heavy atom. The molecule has 146 valence electrons. The molecule has 0 aromatic heterocycles. The van der Waals surface area contributed by atoms with E-state index >= 15 is 0 Å². The van der Waals surface area contributed by atoms with Crippen molar-refractivity contribution >= 4 is 10.0 Å². The predicted molar refractivity (Wildman–Crippen MR) is 106 cm³/mol. The van der Waals surface area contributed by atoms with Gasteiger partial charge in [-0.1, -0.05) is 12.1 Å². The van der Waals surface area contributed by atoms with Gasteiger partial charge in [0.05, 0.1) is 18.0 Å². The maximum atomic E-state index is 13.2. The fourth-order valence-electron chi connectivity index (χ4n) is 3.76. The third-order valence-electron chi connectivity index (χ3n) is 4.86. The van der Waals surface area contributed by atoms with Crippen LogP contribution >= 0.6 is 0 Å². The van der Waals surface area contributed by atoms with Crippen molar-refractivity contribution in [2.75, 3.05) is 7.11 Å². The first-order valence-electron chi connectivity index (χ1n) is 8.99. The summed E-state index contributed by atoms with van der Waals surface area (Å²) >= 11 is 0. The molecule has 1 N–H and O–H groups in total. The minimum Gasteiger partial charge on any atom is -0.497 e. The highest BCUT2D eigenvalue weighted by Gasteiger charge is 2.36. The smallest absolute Gasteiger partial charge is 0.241 e. The van der Waals surface area contributed by atoms with Crippen molar-refractivity contribution in [3.05, 3.63) is 52.6 Å². The zero-order valence-corrected chi connectivity index (χ0v) is 17.5. The molecule has 0 amide bonds. The average molecular weight is 390 g/mol. The minimum atomic E-state index is -3.71. The number of benzene rings is 2. The lowest BCUT2D eigenvalue weighted by Crippen LogP contribution is -2.41. The summed E-state index contributed by atoms with van der Waals surface area (Å²) < 4.78 is 40.7. The molecule has 0 fully saturated rings. The van der Waals surface area contributed by atoms with E-state index in [1.54, 1.807) is 33.1 Å². The van der Waals surface area contributed by atoms with Crippen molar-refractivity contribution in [2.45, 2.75) is 57.6 Å². The van der Waals surface area contributed by atoms with Gasteiger partial charge in [0.15, 0.2) is 0 Å². The van der Waals surface area contributed by atoms with Gasteiger partial charge < -0.3 is 9.47 Å². The number of methoxy groups -OCH3 is 1. The Labute approximate surface area is 161 Å². The van der Waals surface area contributed by atoms with Crippen LogP contribution in [0.1, 0.15) is 48.6 Å². The van der Waals surface area contributed by atoms with Gasteiger partial charge in [0.2, 0.25) is 10.0 Å². The van der Waals surface area contributed by atoms with E-state index in [4.69, 9.17) is 9.47 Å². The molecule has 1 aliphatic rings. The van der Waals surface area contributed by atoms with Crippen LogP contribution in [0.4, 0.5) is 0 Å². The van der Waals surface area contributed by atoms with E-state index in [9.17, 15) is 8.42 Å². The highest BCUT2D eigenvalue weighted by Crippen LogP contribution is 2.41. The van der Waals surface area contributed by atoms with Crippen molar-refractivity contribution in [1.29, 1.82) is 0 Å². The van der Waals surface area contributed by atoms with Crippen molar-refractivity contribution in [3.63, 3.8) is 0 Å². The van der Waals surface area contributed by atoms with Crippen molar-refractivity contribution in [3.8, 4) is 11.5 Å². The number of hydrogen-bond acceptors (Lipinski definition) is 4. The Kier molecular flexibility index (Phi) is 4.99. The second kappa shape index (κ2) is 6.84. The molecule has 1 unspecified atom stereocenters. The van der Waals surface area contributed by atoms with Crippen LogP contribution < -0.4 is 14.2 Å². The molecule has 3 rings (SSSR count). The van der Waals surface area contributed by atoms with Crippen LogP contribution in [0.15, 0.2) is 35.2 Å². The van der Waals surface area contributed by atoms with Gasteiger partial charge in [-0.15, -0.1) is 0 Å². The molecule has 0 aliphatic carbocycles. The SMILES string of the molecule is COc1cc(C)c(S(=O)(=O)NC2CC(C)(C)Oc3cc(C)ccc32)c(C)c1. The highest BCUT2D eigenvalue weighted by molar-refractivity contribution is 7.89. The number of sulfonamides is 1. The maximum Gasteiger partial charge on any atom is 0.241 e. The van der Waals surface area contributed by atoms with Gasteiger partial charge in [0, 0.05) is 12.0 Å². The maximum absolute atomic E-state index is 13.2. The van der Waals surface area contributed by atoms with Crippen LogP contribution in [0.2, 0.25) is 0 Å². The first-order chi connectivity index (χ1) is 12.5. The Hall–Kier alpha value is -2.05. The van der Waals surface area contributed by atoms with Crippen LogP contribution in [-0.2, 0) is 10.0 Å². The van der Waals surface area contributed by atoms with Crippen molar-refractivity contribution < 1.29 is 17.9 Å². The van der Waals surface area contributed by atoms with E-state index in [-0.39, 0.29) is 6.04 Å². The lowest BCUT2D eigenvalue weighted by Gasteiger charge is -2.38. The van der Waals surface area contributed by atoms with Crippen LogP contribution in [-0.4, -0.2) is 21.1 Å². The molecule has 1 atom stereocenters. The topological polar surface area (TPSA) is 64.6 Å². The Bertz CT molecular complexity index is 957. The van der Waals surface area contributed by atoms with Gasteiger partial charge in [-0.05, 0) is 69.5 Å². The van der Waals surface area contributed by atoms with Gasteiger partial charge in [-0.25, -0.2) is 13.1 Å². The van der Waals surface area contributed by atoms with Gasteiger partial charge >= 0.3 is 0 Å². The zero-order chi connectivity index (χ0) is 20.0. The normalized spacial score (nSPS) is 18.5. The van der Waals surface area contributed by atoms with Gasteiger partial charge in [-0.2, -0.15) is 0 Å². The molecule has 0 saturated carbocycles. The Morgan fingerprint density at radius 1 is 1.11 bits per heavy atom. The standard InChI is InChI=1S/C21H27NO4S/c1-13-7-8-17-18(12-21(4,5)26-19(17)9-13)22-27(23,24)20-14(2)10-16(25-6)11-15(20)3/h7-11,18,22H,12H2,1-6H3. The summed E-state index contributed by atoms with van der Waals surface area (Å²) in [5.41, 5.74) is 2.81. The highest BCUT2D eigenvalue weighted by atomic mass is 32.2. The molecule has 1 aliphatic heterocycles. The zero-order valence-electron chi connectivity index (χ0n) is 16.7. The molecule has 0 spiro atoms. The molecule has 5 nitrogen and oxygen atoms in total. The predicted octanol–water partition coefficient (Wildman–Crippen LogP) is 4.20. The average Bonchev–Trinajstić information content (AvgIpc) is 2.51. The first-order valence-corrected chi connectivity index (χ1v) is 10.5. The summed E-state index contributed by atoms with van der Waals surface area (Å²) in [5, 5.41) is 0. The van der Waals surface area contributed by atoms with Crippen LogP contribution in [0.3, 0.4) is 0 Å². The van der Waals surface area contributed by atoms with Crippen molar-refractivity contribution in [2.24, 2.45) is 0 Å². The second-order valence-corrected chi connectivity index (χ2v) is 9.52. The number of fused-ring (bicyclic) bond motifs is 1. The van der Waals surface area contributed by atoms with E-state index in [1.807, 2.05) is 39.0 Å². The summed E-state index contributed by atoms with van der Waals surface area (Å²) in [6.45, 7) is 9.52. The lowest BCUT2D eigenvalue weighted by molar-refractivity contribution is 0.0701. The lowest BCUT2D eigenvalue weighted by atomic mass is 9.90. The summed E-state index contributed by atoms with van der Waals surface area (Å²) in [6.07, 6.45) is 0.552. The summed E-state index contributed by atoms with van der Waals surface area (Å²) in [6, 6.07) is 9.02. The third kappa shape index (κ3) is 3.96. The third-order valence-corrected chi connectivity index (χ3v) is 6.64. The number of nitrogens with one attached hydrogen (secondary N) is 1. The van der Waals surface area contributed by atoms with Gasteiger partial charge in [-0.3, -0.25) is 0 Å². The van der Waals surface area contributed by atoms with Crippen LogP contribution in [0.5, 0.6) is 11.5 Å². The first kappa shape index (κ1) is 19.7. The minimum absolute atomic E-state index is 0.307. The summed E-state index contributed by atoms with van der Waals surface area (Å²) in [5.74, 6) is 1.39. The quantitative estimate of drug-likeness (QED) is 0.851. The van der Waals surface area contributed by atoms with Crippen LogP contribution in [0.25, 0.3) is 0 Å². The molecule has 6 heteroatoms. The molecular weight excluding hydrogens is 362 g/mol. The van der Waals surface area contributed by atoms with E-state index in [2.05, 4.69) is 4.72 Å². The molecule has 0 radical (unpaired) electrons. The monoisotopic (exact) mass is 389 g/mol. The Morgan fingerprint density at radius 3 is 2.33 bits per heavy atom. The largest absolute Gasteiger partial charge is 0.497 e. The molecular formula is C21H27NO4S. The van der Waals surface area contributed by atoms with Crippen LogP contribution in [0, 0.1) is 20.8 Å².